The first-order valence-electron chi connectivity index (χ1n) is 9.93. The molecule has 0 saturated carbocycles. The van der Waals surface area contributed by atoms with Crippen molar-refractivity contribution in [2.75, 3.05) is 6.54 Å². The number of carbonyl (C=O) groups is 1. The van der Waals surface area contributed by atoms with E-state index in [1.54, 1.807) is 17.8 Å². The minimum Gasteiger partial charge on any atom is -0.350 e. The Hall–Kier alpha value is -3.88. The first kappa shape index (κ1) is 21.4. The van der Waals surface area contributed by atoms with Gasteiger partial charge in [-0.1, -0.05) is 48.5 Å². The number of halogens is 3. The van der Waals surface area contributed by atoms with Crippen LogP contribution in [0.3, 0.4) is 0 Å². The molecule has 0 bridgehead atoms. The van der Waals surface area contributed by atoms with Crippen molar-refractivity contribution in [2.24, 2.45) is 0 Å². The topological polar surface area (TPSA) is 64.7 Å². The number of amides is 1. The second-order valence-electron chi connectivity index (χ2n) is 7.19. The largest absolute Gasteiger partial charge is 0.435 e. The van der Waals surface area contributed by atoms with Gasteiger partial charge in [-0.05, 0) is 25.1 Å². The van der Waals surface area contributed by atoms with Gasteiger partial charge in [-0.15, -0.1) is 0 Å². The van der Waals surface area contributed by atoms with Crippen molar-refractivity contribution in [1.29, 1.82) is 0 Å². The van der Waals surface area contributed by atoms with Crippen molar-refractivity contribution in [3.8, 4) is 16.9 Å². The van der Waals surface area contributed by atoms with Crippen LogP contribution in [0.1, 0.15) is 21.7 Å². The zero-order valence-electron chi connectivity index (χ0n) is 17.2. The highest BCUT2D eigenvalue weighted by atomic mass is 19.4. The quantitative estimate of drug-likeness (QED) is 0.481. The molecular formula is C23H20F3N5O. The maximum Gasteiger partial charge on any atom is 0.435 e. The molecule has 4 rings (SSSR count). The molecule has 0 fully saturated rings. The Kier molecular flexibility index (Phi) is 5.81. The summed E-state index contributed by atoms with van der Waals surface area (Å²) in [6.07, 6.45) is -2.86. The normalized spacial score (nSPS) is 11.5. The van der Waals surface area contributed by atoms with Crippen LogP contribution in [-0.2, 0) is 12.7 Å². The Bertz CT molecular complexity index is 1210. The number of benzene rings is 2. The van der Waals surface area contributed by atoms with Crippen molar-refractivity contribution in [3.05, 3.63) is 89.9 Å². The molecule has 0 atom stereocenters. The van der Waals surface area contributed by atoms with Gasteiger partial charge in [0.25, 0.3) is 5.91 Å². The molecule has 4 aromatic rings. The maximum absolute atomic E-state index is 12.9. The lowest BCUT2D eigenvalue weighted by molar-refractivity contribution is -0.141. The summed E-state index contributed by atoms with van der Waals surface area (Å²) in [5.41, 5.74) is 1.89. The number of hydrogen-bond acceptors (Lipinski definition) is 3. The van der Waals surface area contributed by atoms with Crippen LogP contribution in [0.5, 0.6) is 0 Å². The summed E-state index contributed by atoms with van der Waals surface area (Å²) in [5, 5.41) is 10.9. The monoisotopic (exact) mass is 439 g/mol. The molecule has 1 N–H and O–H groups in total. The molecule has 0 aliphatic heterocycles. The van der Waals surface area contributed by atoms with Gasteiger partial charge >= 0.3 is 6.18 Å². The van der Waals surface area contributed by atoms with Crippen molar-refractivity contribution in [2.45, 2.75) is 19.6 Å². The van der Waals surface area contributed by atoms with Crippen molar-refractivity contribution in [1.82, 2.24) is 24.9 Å². The molecular weight excluding hydrogens is 419 g/mol. The molecule has 6 nitrogen and oxygen atoms in total. The number of nitrogens with one attached hydrogen (secondary N) is 1. The molecule has 164 valence electrons. The van der Waals surface area contributed by atoms with Crippen LogP contribution in [0.25, 0.3) is 16.9 Å². The molecule has 0 aliphatic carbocycles. The third-order valence-corrected chi connectivity index (χ3v) is 4.91. The zero-order chi connectivity index (χ0) is 22.7. The summed E-state index contributed by atoms with van der Waals surface area (Å²) < 4.78 is 41.4. The fourth-order valence-electron chi connectivity index (χ4n) is 3.31. The van der Waals surface area contributed by atoms with Gasteiger partial charge in [0.05, 0.1) is 17.8 Å². The van der Waals surface area contributed by atoms with E-state index in [-0.39, 0.29) is 19.0 Å². The van der Waals surface area contributed by atoms with Gasteiger partial charge in [0.15, 0.2) is 5.69 Å². The molecule has 9 heteroatoms. The van der Waals surface area contributed by atoms with E-state index in [0.717, 1.165) is 17.3 Å². The number of aromatic nitrogens is 4. The summed E-state index contributed by atoms with van der Waals surface area (Å²) in [7, 11) is 0. The molecule has 0 unspecified atom stereocenters. The van der Waals surface area contributed by atoms with Crippen LogP contribution in [0.2, 0.25) is 0 Å². The molecule has 2 aromatic carbocycles. The third-order valence-electron chi connectivity index (χ3n) is 4.91. The van der Waals surface area contributed by atoms with E-state index in [2.05, 4.69) is 15.5 Å². The number of nitrogens with zero attached hydrogens (tertiary/aromatic N) is 4. The Balaban J connectivity index is 1.54. The Morgan fingerprint density at radius 3 is 2.28 bits per heavy atom. The van der Waals surface area contributed by atoms with Gasteiger partial charge in [-0.3, -0.25) is 9.48 Å². The number of hydrogen-bond donors (Lipinski definition) is 1. The minimum atomic E-state index is -4.50. The van der Waals surface area contributed by atoms with Gasteiger partial charge in [0, 0.05) is 24.0 Å². The average molecular weight is 439 g/mol. The average Bonchev–Trinajstić information content (AvgIpc) is 3.39. The van der Waals surface area contributed by atoms with Crippen molar-refractivity contribution in [3.63, 3.8) is 0 Å². The van der Waals surface area contributed by atoms with Gasteiger partial charge in [0.2, 0.25) is 0 Å². The van der Waals surface area contributed by atoms with Crippen molar-refractivity contribution >= 4 is 5.91 Å². The minimum absolute atomic E-state index is 0.112. The van der Waals surface area contributed by atoms with Crippen LogP contribution in [0.15, 0.2) is 72.9 Å². The maximum atomic E-state index is 12.9. The van der Waals surface area contributed by atoms with E-state index >= 15 is 0 Å². The highest BCUT2D eigenvalue weighted by Gasteiger charge is 2.34. The molecule has 0 saturated heterocycles. The number of alkyl halides is 3. The van der Waals surface area contributed by atoms with E-state index in [1.807, 2.05) is 60.7 Å². The summed E-state index contributed by atoms with van der Waals surface area (Å²) in [6, 6.07) is 19.7. The van der Waals surface area contributed by atoms with Crippen LogP contribution < -0.4 is 5.32 Å². The fourth-order valence-corrected chi connectivity index (χ4v) is 3.31. The van der Waals surface area contributed by atoms with Crippen LogP contribution in [0.4, 0.5) is 13.2 Å². The highest BCUT2D eigenvalue weighted by Crippen LogP contribution is 2.28. The lowest BCUT2D eigenvalue weighted by atomic mass is 10.1. The second-order valence-corrected chi connectivity index (χ2v) is 7.19. The van der Waals surface area contributed by atoms with Gasteiger partial charge in [-0.25, -0.2) is 4.68 Å². The first-order chi connectivity index (χ1) is 15.3. The summed E-state index contributed by atoms with van der Waals surface area (Å²) in [4.78, 5) is 12.9. The molecule has 32 heavy (non-hydrogen) atoms. The SMILES string of the molecule is Cc1cc(C(F)(F)F)nn1CCNC(=O)c1cn(-c2ccccc2)nc1-c1ccccc1. The second kappa shape index (κ2) is 8.70. The van der Waals surface area contributed by atoms with E-state index < -0.39 is 11.9 Å². The fraction of sp³-hybridized carbons (Fsp3) is 0.174. The van der Waals surface area contributed by atoms with Crippen LogP contribution in [0, 0.1) is 6.92 Å². The number of carbonyl (C=O) groups excluding carboxylic acids is 1. The van der Waals surface area contributed by atoms with Gasteiger partial charge in [-0.2, -0.15) is 23.4 Å². The Labute approximate surface area is 182 Å². The van der Waals surface area contributed by atoms with E-state index in [9.17, 15) is 18.0 Å². The molecule has 0 spiro atoms. The Morgan fingerprint density at radius 1 is 1.00 bits per heavy atom. The predicted molar refractivity (Wildman–Crippen MR) is 113 cm³/mol. The number of rotatable bonds is 6. The molecule has 2 heterocycles. The number of aryl methyl sites for hydroxylation is 1. The Morgan fingerprint density at radius 2 is 1.66 bits per heavy atom. The summed E-state index contributed by atoms with van der Waals surface area (Å²) in [6.45, 7) is 1.77. The summed E-state index contributed by atoms with van der Waals surface area (Å²) >= 11 is 0. The standard InChI is InChI=1S/C23H20F3N5O/c1-16-14-20(23(24,25)26)28-30(16)13-12-27-22(32)19-15-31(18-10-6-3-7-11-18)29-21(19)17-8-4-2-5-9-17/h2-11,14-15H,12-13H2,1H3,(H,27,32). The van der Waals surface area contributed by atoms with E-state index in [4.69, 9.17) is 0 Å². The molecule has 1 amide bonds. The molecule has 0 radical (unpaired) electrons. The molecule has 2 aromatic heterocycles. The smallest absolute Gasteiger partial charge is 0.350 e. The zero-order valence-corrected chi connectivity index (χ0v) is 17.2. The van der Waals surface area contributed by atoms with E-state index in [0.29, 0.717) is 17.0 Å². The third kappa shape index (κ3) is 4.56. The lowest BCUT2D eigenvalue weighted by Gasteiger charge is -2.07. The van der Waals surface area contributed by atoms with Gasteiger partial charge < -0.3 is 5.32 Å². The first-order valence-corrected chi connectivity index (χ1v) is 9.93. The van der Waals surface area contributed by atoms with Crippen LogP contribution in [-0.4, -0.2) is 32.0 Å². The molecule has 0 aliphatic rings. The van der Waals surface area contributed by atoms with E-state index in [1.165, 1.54) is 4.68 Å². The van der Waals surface area contributed by atoms with Crippen LogP contribution >= 0.6 is 0 Å². The number of para-hydroxylation sites is 1. The summed E-state index contributed by atoms with van der Waals surface area (Å²) in [5.74, 6) is -0.369. The predicted octanol–water partition coefficient (Wildman–Crippen LogP) is 4.49. The highest BCUT2D eigenvalue weighted by molar-refractivity contribution is 5.99. The lowest BCUT2D eigenvalue weighted by Crippen LogP contribution is -2.28. The van der Waals surface area contributed by atoms with Gasteiger partial charge in [0.1, 0.15) is 5.69 Å². The van der Waals surface area contributed by atoms with Crippen molar-refractivity contribution < 1.29 is 18.0 Å².